The Labute approximate surface area is 88.9 Å². The Morgan fingerprint density at radius 1 is 1.53 bits per heavy atom. The molecule has 15 heavy (non-hydrogen) atoms. The van der Waals surface area contributed by atoms with Crippen LogP contribution in [0.15, 0.2) is 12.1 Å². The summed E-state index contributed by atoms with van der Waals surface area (Å²) in [6.07, 6.45) is 0.576. The summed E-state index contributed by atoms with van der Waals surface area (Å²) in [4.78, 5) is 15.8. The zero-order valence-corrected chi connectivity index (χ0v) is 8.95. The molecule has 1 aliphatic rings. The average Bonchev–Trinajstić information content (AvgIpc) is 2.19. The van der Waals surface area contributed by atoms with Gasteiger partial charge < -0.3 is 11.1 Å². The van der Waals surface area contributed by atoms with E-state index in [-0.39, 0.29) is 5.91 Å². The number of pyridine rings is 1. The molecule has 0 radical (unpaired) electrons. The lowest BCUT2D eigenvalue weighted by Crippen LogP contribution is -2.41. The quantitative estimate of drug-likeness (QED) is 0.719. The molecule has 80 valence electrons. The number of hydrogen-bond donors (Lipinski definition) is 2. The third-order valence-corrected chi connectivity index (χ3v) is 2.61. The van der Waals surface area contributed by atoms with Crippen LogP contribution in [0.3, 0.4) is 0 Å². The number of carbonyl (C=O) groups is 1. The number of amides is 1. The Hall–Kier alpha value is -1.42. The van der Waals surface area contributed by atoms with E-state index in [0.717, 1.165) is 11.3 Å². The molecule has 0 unspecified atom stereocenters. The number of aromatic nitrogens is 1. The van der Waals surface area contributed by atoms with Crippen molar-refractivity contribution in [2.45, 2.75) is 32.2 Å². The van der Waals surface area contributed by atoms with Crippen LogP contribution in [0.5, 0.6) is 0 Å². The van der Waals surface area contributed by atoms with Crippen molar-refractivity contribution >= 4 is 11.7 Å². The first-order valence-electron chi connectivity index (χ1n) is 5.14. The van der Waals surface area contributed by atoms with Crippen molar-refractivity contribution in [1.82, 2.24) is 4.98 Å². The number of carbonyl (C=O) groups excluding carboxylic acids is 1. The Bertz CT molecular complexity index is 401. The first kappa shape index (κ1) is 10.1. The molecular formula is C11H15N3O. The van der Waals surface area contributed by atoms with Crippen molar-refractivity contribution < 1.29 is 4.79 Å². The maximum atomic E-state index is 11.4. The molecule has 2 heterocycles. The van der Waals surface area contributed by atoms with Gasteiger partial charge in [0.25, 0.3) is 0 Å². The smallest absolute Gasteiger partial charge is 0.242 e. The van der Waals surface area contributed by atoms with E-state index in [4.69, 9.17) is 5.73 Å². The number of nitrogens with zero attached hydrogens (tertiary/aromatic N) is 1. The molecule has 0 saturated heterocycles. The van der Waals surface area contributed by atoms with Gasteiger partial charge in [-0.05, 0) is 17.5 Å². The van der Waals surface area contributed by atoms with Crippen molar-refractivity contribution in [2.75, 3.05) is 5.32 Å². The van der Waals surface area contributed by atoms with Crippen LogP contribution in [0.25, 0.3) is 0 Å². The predicted octanol–water partition coefficient (Wildman–Crippen LogP) is 1.03. The fourth-order valence-electron chi connectivity index (χ4n) is 1.64. The molecule has 2 rings (SSSR count). The second-order valence-corrected chi connectivity index (χ2v) is 4.20. The minimum atomic E-state index is -0.441. The molecule has 0 fully saturated rings. The molecule has 0 aromatic carbocycles. The summed E-state index contributed by atoms with van der Waals surface area (Å²) >= 11 is 0. The van der Waals surface area contributed by atoms with E-state index in [1.54, 1.807) is 0 Å². The third-order valence-electron chi connectivity index (χ3n) is 2.61. The van der Waals surface area contributed by atoms with E-state index in [1.165, 1.54) is 0 Å². The number of anilines is 1. The first-order chi connectivity index (χ1) is 7.08. The van der Waals surface area contributed by atoms with Gasteiger partial charge in [-0.25, -0.2) is 4.98 Å². The number of fused-ring (bicyclic) bond motifs is 1. The molecule has 1 aromatic heterocycles. The summed E-state index contributed by atoms with van der Waals surface area (Å²) in [5.74, 6) is 0.895. The Kier molecular flexibility index (Phi) is 2.44. The summed E-state index contributed by atoms with van der Waals surface area (Å²) < 4.78 is 0. The van der Waals surface area contributed by atoms with Crippen LogP contribution < -0.4 is 11.1 Å². The van der Waals surface area contributed by atoms with Gasteiger partial charge in [-0.2, -0.15) is 0 Å². The van der Waals surface area contributed by atoms with Crippen LogP contribution in [-0.4, -0.2) is 16.9 Å². The Balaban J connectivity index is 2.37. The molecular weight excluding hydrogens is 190 g/mol. The van der Waals surface area contributed by atoms with Gasteiger partial charge in [0.15, 0.2) is 0 Å². The topological polar surface area (TPSA) is 68.0 Å². The van der Waals surface area contributed by atoms with Gasteiger partial charge in [-0.3, -0.25) is 4.79 Å². The molecule has 1 aromatic rings. The van der Waals surface area contributed by atoms with E-state index in [2.05, 4.69) is 24.1 Å². The normalized spacial score (nSPS) is 20.0. The standard InChI is InChI=1S/C11H15N3O/c1-6(2)9-4-3-7-5-8(12)11(15)14-10(7)13-9/h3-4,6,8H,5,12H2,1-2H3,(H,13,14,15)/t8-/m0/s1. The zero-order valence-electron chi connectivity index (χ0n) is 8.95. The van der Waals surface area contributed by atoms with Crippen LogP contribution in [-0.2, 0) is 11.2 Å². The minimum absolute atomic E-state index is 0.143. The van der Waals surface area contributed by atoms with Gasteiger partial charge in [0.05, 0.1) is 6.04 Å². The maximum absolute atomic E-state index is 11.4. The summed E-state index contributed by atoms with van der Waals surface area (Å²) in [5.41, 5.74) is 7.66. The van der Waals surface area contributed by atoms with Crippen LogP contribution >= 0.6 is 0 Å². The summed E-state index contributed by atoms with van der Waals surface area (Å²) in [6.45, 7) is 4.15. The second kappa shape index (κ2) is 3.62. The van der Waals surface area contributed by atoms with Gasteiger partial charge in [0, 0.05) is 12.1 Å². The van der Waals surface area contributed by atoms with Crippen molar-refractivity contribution in [3.8, 4) is 0 Å². The third kappa shape index (κ3) is 1.85. The highest BCUT2D eigenvalue weighted by Crippen LogP contribution is 2.22. The van der Waals surface area contributed by atoms with E-state index in [9.17, 15) is 4.79 Å². The first-order valence-corrected chi connectivity index (χ1v) is 5.14. The molecule has 1 aliphatic heterocycles. The van der Waals surface area contributed by atoms with E-state index in [0.29, 0.717) is 18.2 Å². The lowest BCUT2D eigenvalue weighted by molar-refractivity contribution is -0.117. The van der Waals surface area contributed by atoms with Gasteiger partial charge in [0.1, 0.15) is 5.82 Å². The highest BCUT2D eigenvalue weighted by Gasteiger charge is 2.23. The second-order valence-electron chi connectivity index (χ2n) is 4.20. The summed E-state index contributed by atoms with van der Waals surface area (Å²) in [7, 11) is 0. The summed E-state index contributed by atoms with van der Waals surface area (Å²) in [5, 5.41) is 2.73. The lowest BCUT2D eigenvalue weighted by atomic mass is 10.0. The molecule has 1 amide bonds. The van der Waals surface area contributed by atoms with Gasteiger partial charge in [-0.1, -0.05) is 19.9 Å². The Morgan fingerprint density at radius 3 is 2.93 bits per heavy atom. The lowest BCUT2D eigenvalue weighted by Gasteiger charge is -2.21. The van der Waals surface area contributed by atoms with Gasteiger partial charge in [-0.15, -0.1) is 0 Å². The monoisotopic (exact) mass is 205 g/mol. The molecule has 0 aliphatic carbocycles. The Morgan fingerprint density at radius 2 is 2.27 bits per heavy atom. The fourth-order valence-corrected chi connectivity index (χ4v) is 1.64. The van der Waals surface area contributed by atoms with Crippen LogP contribution in [0.2, 0.25) is 0 Å². The number of nitrogens with two attached hydrogens (primary N) is 1. The van der Waals surface area contributed by atoms with Gasteiger partial charge in [0.2, 0.25) is 5.91 Å². The van der Waals surface area contributed by atoms with Crippen molar-refractivity contribution in [2.24, 2.45) is 5.73 Å². The van der Waals surface area contributed by atoms with E-state index in [1.807, 2.05) is 12.1 Å². The average molecular weight is 205 g/mol. The molecule has 4 heteroatoms. The fraction of sp³-hybridized carbons (Fsp3) is 0.455. The summed E-state index contributed by atoms with van der Waals surface area (Å²) in [6, 6.07) is 3.55. The number of hydrogen-bond acceptors (Lipinski definition) is 3. The zero-order chi connectivity index (χ0) is 11.0. The molecule has 0 spiro atoms. The largest absolute Gasteiger partial charge is 0.320 e. The number of rotatable bonds is 1. The SMILES string of the molecule is CC(C)c1ccc2c(n1)NC(=O)[C@@H](N)C2. The van der Waals surface area contributed by atoms with Crippen molar-refractivity contribution in [3.63, 3.8) is 0 Å². The van der Waals surface area contributed by atoms with Crippen LogP contribution in [0.4, 0.5) is 5.82 Å². The highest BCUT2D eigenvalue weighted by molar-refractivity contribution is 5.96. The van der Waals surface area contributed by atoms with Crippen molar-refractivity contribution in [3.05, 3.63) is 23.4 Å². The van der Waals surface area contributed by atoms with Gasteiger partial charge >= 0.3 is 0 Å². The molecule has 0 saturated carbocycles. The number of nitrogens with one attached hydrogen (secondary N) is 1. The predicted molar refractivity (Wildman–Crippen MR) is 58.6 cm³/mol. The highest BCUT2D eigenvalue weighted by atomic mass is 16.2. The molecule has 3 N–H and O–H groups in total. The molecule has 0 bridgehead atoms. The van der Waals surface area contributed by atoms with Crippen LogP contribution in [0, 0.1) is 0 Å². The maximum Gasteiger partial charge on any atom is 0.242 e. The minimum Gasteiger partial charge on any atom is -0.320 e. The van der Waals surface area contributed by atoms with E-state index >= 15 is 0 Å². The molecule has 1 atom stereocenters. The van der Waals surface area contributed by atoms with E-state index < -0.39 is 6.04 Å². The molecule has 4 nitrogen and oxygen atoms in total. The van der Waals surface area contributed by atoms with Crippen LogP contribution in [0.1, 0.15) is 31.0 Å². The van der Waals surface area contributed by atoms with Crippen molar-refractivity contribution in [1.29, 1.82) is 0 Å².